The first kappa shape index (κ1) is 17.6. The molecule has 140 valence electrons. The van der Waals surface area contributed by atoms with Crippen molar-refractivity contribution in [2.45, 2.75) is 6.23 Å². The smallest absolute Gasteiger partial charge is 0.272 e. The van der Waals surface area contributed by atoms with E-state index in [9.17, 15) is 14.7 Å². The molecule has 9 heteroatoms. The van der Waals surface area contributed by atoms with E-state index in [4.69, 9.17) is 5.26 Å². The van der Waals surface area contributed by atoms with Crippen LogP contribution in [0.4, 0.5) is 0 Å². The van der Waals surface area contributed by atoms with Crippen LogP contribution in [0.3, 0.4) is 0 Å². The topological polar surface area (TPSA) is 135 Å². The summed E-state index contributed by atoms with van der Waals surface area (Å²) in [5.41, 5.74) is 2.38. The third-order valence-corrected chi connectivity index (χ3v) is 4.57. The number of rotatable bonds is 4. The van der Waals surface area contributed by atoms with Gasteiger partial charge in [-0.05, 0) is 0 Å². The summed E-state index contributed by atoms with van der Waals surface area (Å²) in [6.07, 6.45) is 1.34. The lowest BCUT2D eigenvalue weighted by Crippen LogP contribution is -2.56. The first-order valence-electron chi connectivity index (χ1n) is 8.63. The molecule has 0 aliphatic carbocycles. The van der Waals surface area contributed by atoms with Gasteiger partial charge >= 0.3 is 0 Å². The molecule has 0 bridgehead atoms. The Hall–Kier alpha value is -3.77. The molecule has 1 saturated heterocycles. The second-order valence-corrected chi connectivity index (χ2v) is 6.47. The molecule has 0 spiro atoms. The van der Waals surface area contributed by atoms with Crippen molar-refractivity contribution in [1.82, 2.24) is 25.2 Å². The van der Waals surface area contributed by atoms with Gasteiger partial charge in [-0.3, -0.25) is 9.59 Å². The van der Waals surface area contributed by atoms with Crippen LogP contribution in [0.25, 0.3) is 22.4 Å². The van der Waals surface area contributed by atoms with Crippen LogP contribution in [0.5, 0.6) is 0 Å². The average Bonchev–Trinajstić information content (AvgIpc) is 3.11. The molecule has 4 rings (SSSR count). The second kappa shape index (κ2) is 7.09. The average molecular weight is 376 g/mol. The van der Waals surface area contributed by atoms with Gasteiger partial charge in [-0.2, -0.15) is 5.26 Å². The minimum Gasteiger partial charge on any atom is -0.365 e. The Labute approximate surface area is 159 Å². The van der Waals surface area contributed by atoms with Gasteiger partial charge in [-0.1, -0.05) is 30.3 Å². The highest BCUT2D eigenvalue weighted by Gasteiger charge is 2.34. The van der Waals surface area contributed by atoms with Gasteiger partial charge in [0.2, 0.25) is 6.23 Å². The molecule has 9 nitrogen and oxygen atoms in total. The van der Waals surface area contributed by atoms with Gasteiger partial charge in [0.05, 0.1) is 29.4 Å². The molecule has 2 aromatic heterocycles. The lowest BCUT2D eigenvalue weighted by Gasteiger charge is -2.36. The van der Waals surface area contributed by atoms with Gasteiger partial charge < -0.3 is 20.3 Å². The fourth-order valence-electron chi connectivity index (χ4n) is 2.99. The molecule has 3 N–H and O–H groups in total. The van der Waals surface area contributed by atoms with Gasteiger partial charge in [0.15, 0.2) is 5.65 Å². The number of nitrogens with zero attached hydrogens (tertiary/aromatic N) is 4. The van der Waals surface area contributed by atoms with E-state index in [0.717, 1.165) is 5.56 Å². The molecule has 1 fully saturated rings. The predicted octanol–water partition coefficient (Wildman–Crippen LogP) is 0.655. The number of hydrogen-bond acceptors (Lipinski definition) is 6. The van der Waals surface area contributed by atoms with E-state index < -0.39 is 18.0 Å². The van der Waals surface area contributed by atoms with Crippen LogP contribution >= 0.6 is 0 Å². The fourth-order valence-corrected chi connectivity index (χ4v) is 2.99. The molecule has 1 aromatic carbocycles. The molecular weight excluding hydrogens is 360 g/mol. The largest absolute Gasteiger partial charge is 0.365 e. The van der Waals surface area contributed by atoms with Crippen LogP contribution in [0.2, 0.25) is 0 Å². The Morgan fingerprint density at radius 2 is 2.07 bits per heavy atom. The predicted molar refractivity (Wildman–Crippen MR) is 98.5 cm³/mol. The number of fused-ring (bicyclic) bond motifs is 1. The molecule has 0 radical (unpaired) electrons. The zero-order valence-corrected chi connectivity index (χ0v) is 14.7. The molecule has 1 aliphatic heterocycles. The Morgan fingerprint density at radius 3 is 2.79 bits per heavy atom. The fraction of sp³-hybridized carbons (Fsp3) is 0.211. The van der Waals surface area contributed by atoms with Crippen molar-refractivity contribution in [3.05, 3.63) is 48.3 Å². The normalized spacial score (nSPS) is 14.9. The Bertz CT molecular complexity index is 1080. The maximum Gasteiger partial charge on any atom is 0.272 e. The zero-order chi connectivity index (χ0) is 19.7. The summed E-state index contributed by atoms with van der Waals surface area (Å²) in [6, 6.07) is 11.4. The first-order valence-corrected chi connectivity index (χ1v) is 8.63. The highest BCUT2D eigenvalue weighted by molar-refractivity contribution is 6.06. The Morgan fingerprint density at radius 1 is 1.32 bits per heavy atom. The molecule has 0 unspecified atom stereocenters. The molecule has 2 amide bonds. The number of aromatic amines is 1. The number of aliphatic hydroxyl groups excluding tert-OH is 1. The summed E-state index contributed by atoms with van der Waals surface area (Å²) in [5.74, 6) is -1.52. The lowest BCUT2D eigenvalue weighted by molar-refractivity contribution is -0.146. The number of likely N-dealkylation sites (tertiary alicyclic amines) is 1. The third kappa shape index (κ3) is 3.17. The standard InChI is InChI=1S/C19H16N6O3/c20-6-11-9-25(10-11)19(28)18(27)24-17(26)13-7-21-16-15(13)23-14(8-22-16)12-4-2-1-3-5-12/h1-5,7-8,11,18,27H,9-10H2,(H,21,22)(H,24,26)/t18-/m1/s1. The molecule has 3 aromatic rings. The maximum absolute atomic E-state index is 12.5. The summed E-state index contributed by atoms with van der Waals surface area (Å²) in [6.45, 7) is 0.503. The van der Waals surface area contributed by atoms with E-state index >= 15 is 0 Å². The summed E-state index contributed by atoms with van der Waals surface area (Å²) in [4.78, 5) is 37.6. The molecule has 0 saturated carbocycles. The Balaban J connectivity index is 1.53. The van der Waals surface area contributed by atoms with Gasteiger partial charge in [0.1, 0.15) is 5.52 Å². The number of nitriles is 1. The van der Waals surface area contributed by atoms with Crippen LogP contribution in [-0.4, -0.2) is 56.1 Å². The van der Waals surface area contributed by atoms with Gasteiger partial charge in [0.25, 0.3) is 11.8 Å². The highest BCUT2D eigenvalue weighted by Crippen LogP contribution is 2.21. The minimum atomic E-state index is -1.69. The van der Waals surface area contributed by atoms with Crippen LogP contribution < -0.4 is 5.32 Å². The van der Waals surface area contributed by atoms with Crippen LogP contribution in [-0.2, 0) is 4.79 Å². The second-order valence-electron chi connectivity index (χ2n) is 6.47. The van der Waals surface area contributed by atoms with E-state index in [0.29, 0.717) is 16.9 Å². The van der Waals surface area contributed by atoms with Crippen molar-refractivity contribution in [3.8, 4) is 17.3 Å². The van der Waals surface area contributed by atoms with Gasteiger partial charge in [0, 0.05) is 24.8 Å². The van der Waals surface area contributed by atoms with Crippen molar-refractivity contribution in [1.29, 1.82) is 5.26 Å². The van der Waals surface area contributed by atoms with Gasteiger partial charge in [-0.15, -0.1) is 0 Å². The van der Waals surface area contributed by atoms with Crippen LogP contribution in [0, 0.1) is 17.2 Å². The number of carbonyl (C=O) groups is 2. The monoisotopic (exact) mass is 376 g/mol. The number of benzene rings is 1. The molecular formula is C19H16N6O3. The SMILES string of the molecule is N#CC1CN(C(=O)[C@@H](O)NC(=O)c2c[nH]c3ncc(-c4ccccc4)nc23)C1. The number of hydrogen-bond donors (Lipinski definition) is 3. The number of aliphatic hydroxyl groups is 1. The summed E-state index contributed by atoms with van der Waals surface area (Å²) >= 11 is 0. The van der Waals surface area contributed by atoms with E-state index in [-0.39, 0.29) is 24.6 Å². The minimum absolute atomic E-state index is 0.172. The zero-order valence-electron chi connectivity index (χ0n) is 14.7. The van der Waals surface area contributed by atoms with E-state index in [1.165, 1.54) is 11.1 Å². The van der Waals surface area contributed by atoms with Crippen molar-refractivity contribution in [3.63, 3.8) is 0 Å². The summed E-state index contributed by atoms with van der Waals surface area (Å²) in [7, 11) is 0. The number of nitrogens with one attached hydrogen (secondary N) is 2. The van der Waals surface area contributed by atoms with Crippen molar-refractivity contribution in [2.75, 3.05) is 13.1 Å². The highest BCUT2D eigenvalue weighted by atomic mass is 16.3. The van der Waals surface area contributed by atoms with Gasteiger partial charge in [-0.25, -0.2) is 9.97 Å². The van der Waals surface area contributed by atoms with E-state index in [2.05, 4.69) is 20.3 Å². The van der Waals surface area contributed by atoms with E-state index in [1.54, 1.807) is 6.20 Å². The maximum atomic E-state index is 12.5. The van der Waals surface area contributed by atoms with Crippen LogP contribution in [0.1, 0.15) is 10.4 Å². The first-order chi connectivity index (χ1) is 13.6. The number of carbonyl (C=O) groups excluding carboxylic acids is 2. The summed E-state index contributed by atoms with van der Waals surface area (Å²) in [5, 5.41) is 21.1. The molecule has 1 atom stereocenters. The number of aromatic nitrogens is 3. The van der Waals surface area contributed by atoms with Crippen molar-refractivity contribution >= 4 is 23.0 Å². The Kier molecular flexibility index (Phi) is 4.47. The number of H-pyrrole nitrogens is 1. The summed E-state index contributed by atoms with van der Waals surface area (Å²) < 4.78 is 0. The van der Waals surface area contributed by atoms with Crippen molar-refractivity contribution < 1.29 is 14.7 Å². The third-order valence-electron chi connectivity index (χ3n) is 4.57. The quantitative estimate of drug-likeness (QED) is 0.572. The van der Waals surface area contributed by atoms with Crippen molar-refractivity contribution in [2.24, 2.45) is 5.92 Å². The van der Waals surface area contributed by atoms with E-state index in [1.807, 2.05) is 36.4 Å². The molecule has 3 heterocycles. The lowest BCUT2D eigenvalue weighted by atomic mass is 10.0. The molecule has 1 aliphatic rings. The van der Waals surface area contributed by atoms with Crippen LogP contribution in [0.15, 0.2) is 42.7 Å². The molecule has 28 heavy (non-hydrogen) atoms. The number of amides is 2.